The Kier molecular flexibility index (Phi) is 7.72. The lowest BCUT2D eigenvalue weighted by Crippen LogP contribution is -2.23. The summed E-state index contributed by atoms with van der Waals surface area (Å²) in [5.74, 6) is 2.30. The lowest BCUT2D eigenvalue weighted by Gasteiger charge is -2.11. The number of thioether (sulfide) groups is 1. The fourth-order valence-electron chi connectivity index (χ4n) is 0.953. The van der Waals surface area contributed by atoms with E-state index < -0.39 is 0 Å². The van der Waals surface area contributed by atoms with E-state index in [1.54, 1.807) is 0 Å². The maximum Gasteiger partial charge on any atom is 0.0167 e. The van der Waals surface area contributed by atoms with E-state index in [9.17, 15) is 0 Å². The van der Waals surface area contributed by atoms with Gasteiger partial charge in [-0.25, -0.2) is 0 Å². The summed E-state index contributed by atoms with van der Waals surface area (Å²) in [4.78, 5) is 0. The summed E-state index contributed by atoms with van der Waals surface area (Å²) in [7, 11) is 0. The summed E-state index contributed by atoms with van der Waals surface area (Å²) in [6.45, 7) is 8.28. The Morgan fingerprint density at radius 2 is 2.17 bits per heavy atom. The molecule has 0 aliphatic heterocycles. The molecule has 0 fully saturated rings. The van der Waals surface area contributed by atoms with E-state index in [4.69, 9.17) is 5.73 Å². The van der Waals surface area contributed by atoms with Crippen molar-refractivity contribution in [3.8, 4) is 0 Å². The Hall–Kier alpha value is 0.0500. The van der Waals surface area contributed by atoms with E-state index >= 15 is 0 Å². The standard InChI is InChI=1S/C10H21NS/c1-4-6-12-8-10(11)7-9(3)5-2/h10H,3-8,11H2,1-2H3. The van der Waals surface area contributed by atoms with E-state index in [-0.39, 0.29) is 0 Å². The highest BCUT2D eigenvalue weighted by Crippen LogP contribution is 2.10. The molecule has 0 radical (unpaired) electrons. The second-order valence-electron chi connectivity index (χ2n) is 3.14. The van der Waals surface area contributed by atoms with Gasteiger partial charge in [0, 0.05) is 11.8 Å². The number of hydrogen-bond donors (Lipinski definition) is 1. The zero-order valence-corrected chi connectivity index (χ0v) is 9.12. The lowest BCUT2D eigenvalue weighted by atomic mass is 10.1. The molecular formula is C10H21NS. The number of nitrogens with two attached hydrogens (primary N) is 1. The van der Waals surface area contributed by atoms with Gasteiger partial charge in [0.25, 0.3) is 0 Å². The van der Waals surface area contributed by atoms with Crippen LogP contribution in [0.2, 0.25) is 0 Å². The van der Waals surface area contributed by atoms with Crippen LogP contribution in [0, 0.1) is 0 Å². The molecule has 0 saturated carbocycles. The molecular weight excluding hydrogens is 166 g/mol. The summed E-state index contributed by atoms with van der Waals surface area (Å²) in [6, 6.07) is 0.314. The molecule has 72 valence electrons. The van der Waals surface area contributed by atoms with Crippen molar-refractivity contribution in [3.05, 3.63) is 12.2 Å². The smallest absolute Gasteiger partial charge is 0.0167 e. The van der Waals surface area contributed by atoms with Gasteiger partial charge in [0.2, 0.25) is 0 Å². The van der Waals surface area contributed by atoms with Gasteiger partial charge < -0.3 is 5.73 Å². The molecule has 1 nitrogen and oxygen atoms in total. The lowest BCUT2D eigenvalue weighted by molar-refractivity contribution is 0.725. The van der Waals surface area contributed by atoms with Crippen molar-refractivity contribution in [1.82, 2.24) is 0 Å². The van der Waals surface area contributed by atoms with Crippen molar-refractivity contribution in [2.24, 2.45) is 5.73 Å². The minimum atomic E-state index is 0.314. The molecule has 1 atom stereocenters. The highest BCUT2D eigenvalue weighted by Gasteiger charge is 2.02. The van der Waals surface area contributed by atoms with E-state index in [2.05, 4.69) is 20.4 Å². The summed E-state index contributed by atoms with van der Waals surface area (Å²) < 4.78 is 0. The summed E-state index contributed by atoms with van der Waals surface area (Å²) in [6.07, 6.45) is 3.30. The largest absolute Gasteiger partial charge is 0.327 e. The van der Waals surface area contributed by atoms with Gasteiger partial charge >= 0.3 is 0 Å². The van der Waals surface area contributed by atoms with Gasteiger partial charge in [0.15, 0.2) is 0 Å². The minimum absolute atomic E-state index is 0.314. The molecule has 12 heavy (non-hydrogen) atoms. The molecule has 0 aromatic heterocycles. The molecule has 1 unspecified atom stereocenters. The second kappa shape index (κ2) is 7.69. The molecule has 0 aromatic rings. The van der Waals surface area contributed by atoms with Crippen LogP contribution >= 0.6 is 11.8 Å². The quantitative estimate of drug-likeness (QED) is 0.490. The molecule has 0 aliphatic carbocycles. The van der Waals surface area contributed by atoms with Crippen molar-refractivity contribution in [2.75, 3.05) is 11.5 Å². The van der Waals surface area contributed by atoms with Gasteiger partial charge in [0.1, 0.15) is 0 Å². The third-order valence-electron chi connectivity index (χ3n) is 1.73. The molecule has 0 aromatic carbocycles. The van der Waals surface area contributed by atoms with Crippen molar-refractivity contribution < 1.29 is 0 Å². The maximum atomic E-state index is 5.91. The van der Waals surface area contributed by atoms with Gasteiger partial charge in [-0.05, 0) is 25.0 Å². The number of hydrogen-bond acceptors (Lipinski definition) is 2. The average molecular weight is 187 g/mol. The first-order valence-corrected chi connectivity index (χ1v) is 5.86. The first kappa shape index (κ1) is 12.0. The van der Waals surface area contributed by atoms with Crippen LogP contribution in [0.4, 0.5) is 0 Å². The van der Waals surface area contributed by atoms with Gasteiger partial charge in [0.05, 0.1) is 0 Å². The van der Waals surface area contributed by atoms with Gasteiger partial charge in [-0.1, -0.05) is 26.0 Å². The predicted octanol–water partition coefficient (Wildman–Crippen LogP) is 2.81. The van der Waals surface area contributed by atoms with Crippen LogP contribution in [0.3, 0.4) is 0 Å². The monoisotopic (exact) mass is 187 g/mol. The summed E-state index contributed by atoms with van der Waals surface area (Å²) in [5.41, 5.74) is 7.19. The van der Waals surface area contributed by atoms with Crippen LogP contribution in [0.15, 0.2) is 12.2 Å². The molecule has 0 bridgehead atoms. The second-order valence-corrected chi connectivity index (χ2v) is 4.29. The maximum absolute atomic E-state index is 5.91. The Labute approximate surface area is 80.8 Å². The Morgan fingerprint density at radius 3 is 2.67 bits per heavy atom. The number of rotatable bonds is 7. The molecule has 2 heteroatoms. The summed E-state index contributed by atoms with van der Waals surface area (Å²) >= 11 is 1.95. The molecule has 0 aliphatic rings. The Morgan fingerprint density at radius 1 is 1.50 bits per heavy atom. The Bertz CT molecular complexity index is 123. The summed E-state index contributed by atoms with van der Waals surface area (Å²) in [5, 5.41) is 0. The van der Waals surface area contributed by atoms with Gasteiger partial charge in [-0.3, -0.25) is 0 Å². The molecule has 0 amide bonds. The highest BCUT2D eigenvalue weighted by atomic mass is 32.2. The minimum Gasteiger partial charge on any atom is -0.327 e. The molecule has 2 N–H and O–H groups in total. The Balaban J connectivity index is 3.32. The van der Waals surface area contributed by atoms with Crippen LogP contribution < -0.4 is 5.73 Å². The van der Waals surface area contributed by atoms with Crippen LogP contribution in [0.5, 0.6) is 0 Å². The van der Waals surface area contributed by atoms with Crippen molar-refractivity contribution in [1.29, 1.82) is 0 Å². The van der Waals surface area contributed by atoms with Crippen molar-refractivity contribution >= 4 is 11.8 Å². The van der Waals surface area contributed by atoms with Gasteiger partial charge in [-0.15, -0.1) is 0 Å². The molecule has 0 saturated heterocycles. The van der Waals surface area contributed by atoms with E-state index in [0.717, 1.165) is 18.6 Å². The zero-order valence-electron chi connectivity index (χ0n) is 8.31. The van der Waals surface area contributed by atoms with E-state index in [1.165, 1.54) is 17.7 Å². The predicted molar refractivity (Wildman–Crippen MR) is 59.6 cm³/mol. The first-order valence-electron chi connectivity index (χ1n) is 4.70. The normalized spacial score (nSPS) is 12.9. The van der Waals surface area contributed by atoms with Crippen molar-refractivity contribution in [2.45, 2.75) is 39.2 Å². The third-order valence-corrected chi connectivity index (χ3v) is 3.09. The van der Waals surface area contributed by atoms with Crippen LogP contribution in [-0.4, -0.2) is 17.5 Å². The highest BCUT2D eigenvalue weighted by molar-refractivity contribution is 7.99. The first-order chi connectivity index (χ1) is 5.70. The third kappa shape index (κ3) is 6.74. The van der Waals surface area contributed by atoms with Crippen LogP contribution in [0.1, 0.15) is 33.1 Å². The van der Waals surface area contributed by atoms with E-state index in [0.29, 0.717) is 6.04 Å². The topological polar surface area (TPSA) is 26.0 Å². The molecule has 0 rings (SSSR count). The SMILES string of the molecule is C=C(CC)CC(N)CSCCC. The fourth-order valence-corrected chi connectivity index (χ4v) is 1.83. The zero-order chi connectivity index (χ0) is 9.40. The van der Waals surface area contributed by atoms with Crippen LogP contribution in [-0.2, 0) is 0 Å². The average Bonchev–Trinajstić information content (AvgIpc) is 2.05. The van der Waals surface area contributed by atoms with Gasteiger partial charge in [-0.2, -0.15) is 11.8 Å². The van der Waals surface area contributed by atoms with Crippen LogP contribution in [0.25, 0.3) is 0 Å². The van der Waals surface area contributed by atoms with Crippen molar-refractivity contribution in [3.63, 3.8) is 0 Å². The molecule has 0 heterocycles. The molecule has 0 spiro atoms. The fraction of sp³-hybridized carbons (Fsp3) is 0.800. The van der Waals surface area contributed by atoms with E-state index in [1.807, 2.05) is 11.8 Å².